The molecule has 0 aliphatic carbocycles. The number of rotatable bonds is 4. The van der Waals surface area contributed by atoms with Crippen LogP contribution in [0.1, 0.15) is 12.5 Å². The highest BCUT2D eigenvalue weighted by Gasteiger charge is 2.16. The van der Waals surface area contributed by atoms with Crippen LogP contribution in [0.4, 0.5) is 5.13 Å². The summed E-state index contributed by atoms with van der Waals surface area (Å²) in [6.07, 6.45) is 3.04. The lowest BCUT2D eigenvalue weighted by molar-refractivity contribution is -0.119. The smallest absolute Gasteiger partial charge is 0.230 e. The Morgan fingerprint density at radius 3 is 3.05 bits per heavy atom. The minimum Gasteiger partial charge on any atom is -0.302 e. The summed E-state index contributed by atoms with van der Waals surface area (Å²) in [6.45, 7) is 4.26. The average Bonchev–Trinajstić information content (AvgIpc) is 3.09. The van der Waals surface area contributed by atoms with Crippen LogP contribution in [0.5, 0.6) is 0 Å². The number of carbonyl (C=O) groups is 1. The van der Waals surface area contributed by atoms with E-state index in [2.05, 4.69) is 20.4 Å². The summed E-state index contributed by atoms with van der Waals surface area (Å²) in [5.41, 5.74) is 1.79. The molecule has 1 atom stereocenters. The van der Waals surface area contributed by atoms with Crippen molar-refractivity contribution in [3.8, 4) is 0 Å². The molecule has 1 aromatic carbocycles. The minimum atomic E-state index is -0.237. The highest BCUT2D eigenvalue weighted by molar-refractivity contribution is 7.22. The second-order valence-electron chi connectivity index (χ2n) is 5.10. The van der Waals surface area contributed by atoms with Crippen molar-refractivity contribution in [1.29, 1.82) is 0 Å². The molecule has 0 saturated carbocycles. The van der Waals surface area contributed by atoms with Crippen molar-refractivity contribution >= 4 is 44.2 Å². The van der Waals surface area contributed by atoms with Crippen LogP contribution in [0.15, 0.2) is 24.8 Å². The first-order valence-electron chi connectivity index (χ1n) is 6.73. The maximum Gasteiger partial charge on any atom is 0.230 e. The van der Waals surface area contributed by atoms with Crippen molar-refractivity contribution in [2.45, 2.75) is 20.4 Å². The molecule has 0 aliphatic heterocycles. The van der Waals surface area contributed by atoms with Gasteiger partial charge in [-0.15, -0.1) is 0 Å². The number of aryl methyl sites for hydroxylation is 1. The molecule has 2 heterocycles. The maximum absolute atomic E-state index is 12.2. The zero-order valence-corrected chi connectivity index (χ0v) is 13.6. The predicted octanol–water partition coefficient (Wildman–Crippen LogP) is 3.12. The number of hydrogen-bond donors (Lipinski definition) is 1. The summed E-state index contributed by atoms with van der Waals surface area (Å²) in [6, 6.07) is 3.79. The normalized spacial score (nSPS) is 12.5. The lowest BCUT2D eigenvalue weighted by atomic mass is 10.2. The van der Waals surface area contributed by atoms with Crippen LogP contribution in [0.3, 0.4) is 0 Å². The van der Waals surface area contributed by atoms with Crippen LogP contribution < -0.4 is 5.32 Å². The van der Waals surface area contributed by atoms with Crippen LogP contribution in [-0.4, -0.2) is 25.7 Å². The largest absolute Gasteiger partial charge is 0.302 e. The molecule has 3 aromatic rings. The molecule has 0 aliphatic rings. The van der Waals surface area contributed by atoms with Gasteiger partial charge in [-0.2, -0.15) is 5.10 Å². The zero-order valence-electron chi connectivity index (χ0n) is 12.1. The van der Waals surface area contributed by atoms with E-state index in [1.165, 1.54) is 17.7 Å². The van der Waals surface area contributed by atoms with Crippen LogP contribution in [0.25, 0.3) is 10.2 Å². The molecule has 0 unspecified atom stereocenters. The van der Waals surface area contributed by atoms with Gasteiger partial charge in [0, 0.05) is 5.02 Å². The van der Waals surface area contributed by atoms with Crippen LogP contribution in [0.2, 0.25) is 5.02 Å². The Bertz CT molecular complexity index is 775. The van der Waals surface area contributed by atoms with E-state index < -0.39 is 0 Å². The topological polar surface area (TPSA) is 72.7 Å². The van der Waals surface area contributed by atoms with Gasteiger partial charge in [-0.25, -0.2) is 9.97 Å². The number of fused-ring (bicyclic) bond motifs is 1. The van der Waals surface area contributed by atoms with E-state index in [9.17, 15) is 4.79 Å². The number of nitrogens with zero attached hydrogens (tertiary/aromatic N) is 4. The van der Waals surface area contributed by atoms with E-state index in [1.807, 2.05) is 26.0 Å². The van der Waals surface area contributed by atoms with Crippen LogP contribution in [0, 0.1) is 12.8 Å². The number of halogens is 1. The first kappa shape index (κ1) is 14.9. The summed E-state index contributed by atoms with van der Waals surface area (Å²) in [4.78, 5) is 20.5. The van der Waals surface area contributed by atoms with Gasteiger partial charge in [-0.3, -0.25) is 9.48 Å². The number of thiazole rings is 1. The van der Waals surface area contributed by atoms with E-state index >= 15 is 0 Å². The van der Waals surface area contributed by atoms with E-state index in [0.29, 0.717) is 16.7 Å². The Balaban J connectivity index is 1.73. The standard InChI is InChI=1S/C14H14ClN5OS/c1-8-3-12-11(4-10(8)15)18-14(22-12)19-13(21)9(2)5-20-7-16-6-17-20/h3-4,6-7,9H,5H2,1-2H3,(H,18,19,21)/t9-/m0/s1. The molecule has 2 aromatic heterocycles. The summed E-state index contributed by atoms with van der Waals surface area (Å²) < 4.78 is 2.63. The average molecular weight is 336 g/mol. The fraction of sp³-hybridized carbons (Fsp3) is 0.286. The van der Waals surface area contributed by atoms with Gasteiger partial charge >= 0.3 is 0 Å². The predicted molar refractivity (Wildman–Crippen MR) is 87.2 cm³/mol. The van der Waals surface area contributed by atoms with Gasteiger partial charge in [0.05, 0.1) is 22.7 Å². The van der Waals surface area contributed by atoms with Gasteiger partial charge in [0.2, 0.25) is 5.91 Å². The highest BCUT2D eigenvalue weighted by atomic mass is 35.5. The van der Waals surface area contributed by atoms with Crippen molar-refractivity contribution in [2.75, 3.05) is 5.32 Å². The Morgan fingerprint density at radius 1 is 1.50 bits per heavy atom. The first-order chi connectivity index (χ1) is 10.5. The van der Waals surface area contributed by atoms with Crippen LogP contribution in [-0.2, 0) is 11.3 Å². The highest BCUT2D eigenvalue weighted by Crippen LogP contribution is 2.30. The van der Waals surface area contributed by atoms with Gasteiger partial charge < -0.3 is 5.32 Å². The van der Waals surface area contributed by atoms with Gasteiger partial charge in [0.1, 0.15) is 12.7 Å². The van der Waals surface area contributed by atoms with Crippen molar-refractivity contribution in [3.63, 3.8) is 0 Å². The summed E-state index contributed by atoms with van der Waals surface area (Å²) in [7, 11) is 0. The molecule has 1 amide bonds. The number of aromatic nitrogens is 4. The Labute approximate surface area is 136 Å². The van der Waals surface area contributed by atoms with Crippen molar-refractivity contribution in [3.05, 3.63) is 35.4 Å². The number of hydrogen-bond acceptors (Lipinski definition) is 5. The molecule has 0 radical (unpaired) electrons. The van der Waals surface area contributed by atoms with Gasteiger partial charge in [0.15, 0.2) is 5.13 Å². The Kier molecular flexibility index (Phi) is 4.08. The molecule has 22 heavy (non-hydrogen) atoms. The molecular formula is C14H14ClN5OS. The van der Waals surface area contributed by atoms with Crippen molar-refractivity contribution in [2.24, 2.45) is 5.92 Å². The molecule has 1 N–H and O–H groups in total. The second-order valence-corrected chi connectivity index (χ2v) is 6.53. The zero-order chi connectivity index (χ0) is 15.7. The molecule has 3 rings (SSSR count). The van der Waals surface area contributed by atoms with E-state index in [4.69, 9.17) is 11.6 Å². The van der Waals surface area contributed by atoms with Crippen molar-refractivity contribution in [1.82, 2.24) is 19.7 Å². The van der Waals surface area contributed by atoms with Gasteiger partial charge in [0.25, 0.3) is 0 Å². The second kappa shape index (κ2) is 6.02. The number of nitrogens with one attached hydrogen (secondary N) is 1. The Hall–Kier alpha value is -1.99. The summed E-state index contributed by atoms with van der Waals surface area (Å²) in [5, 5.41) is 8.10. The minimum absolute atomic E-state index is 0.0997. The molecule has 0 fully saturated rings. The molecule has 114 valence electrons. The SMILES string of the molecule is Cc1cc2sc(NC(=O)[C@@H](C)Cn3cncn3)nc2cc1Cl. The van der Waals surface area contributed by atoms with Gasteiger partial charge in [-0.1, -0.05) is 29.9 Å². The number of benzene rings is 1. The number of amides is 1. The van der Waals surface area contributed by atoms with E-state index in [0.717, 1.165) is 15.8 Å². The molecule has 0 saturated heterocycles. The lowest BCUT2D eigenvalue weighted by Gasteiger charge is -2.09. The third kappa shape index (κ3) is 3.10. The fourth-order valence-electron chi connectivity index (χ4n) is 2.02. The van der Waals surface area contributed by atoms with Gasteiger partial charge in [-0.05, 0) is 24.6 Å². The molecule has 0 spiro atoms. The monoisotopic (exact) mass is 335 g/mol. The summed E-state index contributed by atoms with van der Waals surface area (Å²) in [5.74, 6) is -0.337. The van der Waals surface area contributed by atoms with E-state index in [1.54, 1.807) is 11.0 Å². The number of carbonyl (C=O) groups excluding carboxylic acids is 1. The first-order valence-corrected chi connectivity index (χ1v) is 7.92. The fourth-order valence-corrected chi connectivity index (χ4v) is 3.13. The molecule has 6 nitrogen and oxygen atoms in total. The van der Waals surface area contributed by atoms with Crippen LogP contribution >= 0.6 is 22.9 Å². The Morgan fingerprint density at radius 2 is 2.32 bits per heavy atom. The van der Waals surface area contributed by atoms with Crippen molar-refractivity contribution < 1.29 is 4.79 Å². The molecular weight excluding hydrogens is 322 g/mol. The number of anilines is 1. The quantitative estimate of drug-likeness (QED) is 0.795. The van der Waals surface area contributed by atoms with E-state index in [-0.39, 0.29) is 11.8 Å². The molecule has 8 heteroatoms. The summed E-state index contributed by atoms with van der Waals surface area (Å²) >= 11 is 7.53. The maximum atomic E-state index is 12.2. The lowest BCUT2D eigenvalue weighted by Crippen LogP contribution is -2.24. The third-order valence-electron chi connectivity index (χ3n) is 3.27. The third-order valence-corrected chi connectivity index (χ3v) is 4.61. The molecule has 0 bridgehead atoms.